The fraction of sp³-hybridized carbons (Fsp3) is 0.0645. The zero-order chi connectivity index (χ0) is 28.0. The number of rotatable bonds is 6. The Morgan fingerprint density at radius 2 is 1.62 bits per heavy atom. The first-order chi connectivity index (χ1) is 19.3. The molecule has 196 valence electrons. The number of ketones is 1. The van der Waals surface area contributed by atoms with Crippen molar-refractivity contribution in [2.24, 2.45) is 0 Å². The number of aryl methyl sites for hydroxylation is 1. The van der Waals surface area contributed by atoms with Gasteiger partial charge in [0, 0.05) is 16.0 Å². The van der Waals surface area contributed by atoms with E-state index in [1.807, 2.05) is 6.92 Å². The van der Waals surface area contributed by atoms with Gasteiger partial charge in [-0.3, -0.25) is 14.4 Å². The zero-order valence-electron chi connectivity index (χ0n) is 21.0. The van der Waals surface area contributed by atoms with Gasteiger partial charge in [0.2, 0.25) is 5.78 Å². The molecular formula is C31H19ClN2O5S. The lowest BCUT2D eigenvalue weighted by Gasteiger charge is -2.15. The highest BCUT2D eigenvalue weighted by atomic mass is 35.5. The van der Waals surface area contributed by atoms with Gasteiger partial charge in [-0.1, -0.05) is 48.0 Å². The lowest BCUT2D eigenvalue weighted by Crippen LogP contribution is -2.29. The van der Waals surface area contributed by atoms with Crippen LogP contribution in [-0.2, 0) is 4.74 Å². The van der Waals surface area contributed by atoms with Crippen LogP contribution in [0.5, 0.6) is 0 Å². The highest BCUT2D eigenvalue weighted by Gasteiger charge is 2.36. The number of carbonyl (C=O) groups is 4. The van der Waals surface area contributed by atoms with Gasteiger partial charge in [-0.2, -0.15) is 0 Å². The number of ether oxygens (including phenoxy) is 1. The summed E-state index contributed by atoms with van der Waals surface area (Å²) in [4.78, 5) is 57.8. The fourth-order valence-electron chi connectivity index (χ4n) is 4.64. The summed E-state index contributed by atoms with van der Waals surface area (Å²) in [6, 6.07) is 21.9. The standard InChI is InChI=1S/C31H19ClN2O5S/c1-17-24(32)13-12-20-23(31(38)39-16-26(35)27-7-4-14-40-27)15-25(33-28(17)20)18-8-10-19(11-9-18)34-29(36)21-5-2-3-6-22(21)30(34)37/h2-15H,16H2,1H3. The first-order valence-electron chi connectivity index (χ1n) is 12.3. The summed E-state index contributed by atoms with van der Waals surface area (Å²) in [6.45, 7) is 1.42. The summed E-state index contributed by atoms with van der Waals surface area (Å²) in [5.41, 5.74) is 3.69. The van der Waals surface area contributed by atoms with E-state index in [-0.39, 0.29) is 29.8 Å². The second-order valence-corrected chi connectivity index (χ2v) is 10.5. The van der Waals surface area contributed by atoms with Crippen molar-refractivity contribution in [1.29, 1.82) is 0 Å². The lowest BCUT2D eigenvalue weighted by atomic mass is 10.0. The van der Waals surface area contributed by atoms with E-state index in [0.29, 0.717) is 54.4 Å². The molecule has 0 atom stereocenters. The molecule has 0 spiro atoms. The molecule has 0 bridgehead atoms. The number of aromatic nitrogens is 1. The number of carbonyl (C=O) groups excluding carboxylic acids is 4. The third-order valence-electron chi connectivity index (χ3n) is 6.73. The molecule has 0 saturated carbocycles. The summed E-state index contributed by atoms with van der Waals surface area (Å²) in [7, 11) is 0. The van der Waals surface area contributed by atoms with Crippen LogP contribution in [-0.4, -0.2) is 35.2 Å². The van der Waals surface area contributed by atoms with Crippen LogP contribution in [0.2, 0.25) is 5.02 Å². The molecule has 1 aliphatic heterocycles. The quantitative estimate of drug-likeness (QED) is 0.128. The molecule has 9 heteroatoms. The summed E-state index contributed by atoms with van der Waals surface area (Å²) in [5.74, 6) is -1.72. The molecule has 0 radical (unpaired) electrons. The second kappa shape index (κ2) is 10.1. The van der Waals surface area contributed by atoms with Crippen LogP contribution in [0.15, 0.2) is 84.2 Å². The highest BCUT2D eigenvalue weighted by molar-refractivity contribution is 7.12. The van der Waals surface area contributed by atoms with Crippen molar-refractivity contribution in [3.63, 3.8) is 0 Å². The van der Waals surface area contributed by atoms with E-state index >= 15 is 0 Å². The van der Waals surface area contributed by atoms with Crippen LogP contribution in [0, 0.1) is 6.92 Å². The molecule has 2 aromatic heterocycles. The number of amides is 2. The van der Waals surface area contributed by atoms with Crippen LogP contribution >= 0.6 is 22.9 Å². The average Bonchev–Trinajstić information content (AvgIpc) is 3.61. The highest BCUT2D eigenvalue weighted by Crippen LogP contribution is 2.33. The number of esters is 1. The number of pyridine rings is 1. The predicted octanol–water partition coefficient (Wildman–Crippen LogP) is 6.77. The minimum absolute atomic E-state index is 0.239. The molecule has 7 nitrogen and oxygen atoms in total. The molecule has 1 aliphatic rings. The largest absolute Gasteiger partial charge is 0.454 e. The van der Waals surface area contributed by atoms with Crippen molar-refractivity contribution in [1.82, 2.24) is 4.98 Å². The SMILES string of the molecule is Cc1c(Cl)ccc2c(C(=O)OCC(=O)c3cccs3)cc(-c3ccc(N4C(=O)c5ccccc5C4=O)cc3)nc12. The van der Waals surface area contributed by atoms with Crippen LogP contribution in [0.4, 0.5) is 5.69 Å². The predicted molar refractivity (Wildman–Crippen MR) is 153 cm³/mol. The molecule has 5 aromatic rings. The molecule has 0 N–H and O–H groups in total. The summed E-state index contributed by atoms with van der Waals surface area (Å²) >= 11 is 7.65. The van der Waals surface area contributed by atoms with E-state index in [1.54, 1.807) is 84.2 Å². The van der Waals surface area contributed by atoms with Gasteiger partial charge >= 0.3 is 5.97 Å². The van der Waals surface area contributed by atoms with Gasteiger partial charge in [0.1, 0.15) is 0 Å². The average molecular weight is 567 g/mol. The molecule has 0 aliphatic carbocycles. The second-order valence-electron chi connectivity index (χ2n) is 9.14. The van der Waals surface area contributed by atoms with Gasteiger partial charge in [-0.15, -0.1) is 11.3 Å². The third kappa shape index (κ3) is 4.37. The van der Waals surface area contributed by atoms with Gasteiger partial charge < -0.3 is 4.74 Å². The molecule has 6 rings (SSSR count). The van der Waals surface area contributed by atoms with Crippen molar-refractivity contribution in [3.8, 4) is 11.3 Å². The Kier molecular flexibility index (Phi) is 6.50. The summed E-state index contributed by atoms with van der Waals surface area (Å²) in [6.07, 6.45) is 0. The number of thiophene rings is 1. The summed E-state index contributed by atoms with van der Waals surface area (Å²) in [5, 5.41) is 2.82. The van der Waals surface area contributed by atoms with E-state index in [4.69, 9.17) is 21.3 Å². The van der Waals surface area contributed by atoms with Gasteiger partial charge in [0.25, 0.3) is 11.8 Å². The van der Waals surface area contributed by atoms with Crippen molar-refractivity contribution < 1.29 is 23.9 Å². The van der Waals surface area contributed by atoms with Gasteiger partial charge in [0.15, 0.2) is 6.61 Å². The Morgan fingerprint density at radius 3 is 2.27 bits per heavy atom. The van der Waals surface area contributed by atoms with Gasteiger partial charge in [0.05, 0.1) is 38.5 Å². The van der Waals surface area contributed by atoms with Crippen LogP contribution < -0.4 is 4.90 Å². The number of hydrogen-bond acceptors (Lipinski definition) is 7. The Morgan fingerprint density at radius 1 is 0.925 bits per heavy atom. The van der Waals surface area contributed by atoms with E-state index in [0.717, 1.165) is 4.90 Å². The molecule has 2 amide bonds. The molecule has 40 heavy (non-hydrogen) atoms. The number of nitrogens with zero attached hydrogens (tertiary/aromatic N) is 2. The van der Waals surface area contributed by atoms with E-state index < -0.39 is 5.97 Å². The van der Waals surface area contributed by atoms with E-state index in [9.17, 15) is 19.2 Å². The third-order valence-corrected chi connectivity index (χ3v) is 8.05. The topological polar surface area (TPSA) is 93.6 Å². The maximum atomic E-state index is 13.2. The maximum Gasteiger partial charge on any atom is 0.339 e. The van der Waals surface area contributed by atoms with Crippen molar-refractivity contribution in [2.45, 2.75) is 6.92 Å². The molecule has 3 aromatic carbocycles. The molecule has 0 saturated heterocycles. The molecular weight excluding hydrogens is 548 g/mol. The Hall–Kier alpha value is -4.66. The van der Waals surface area contributed by atoms with Crippen molar-refractivity contribution >= 4 is 63.1 Å². The van der Waals surface area contributed by atoms with Crippen molar-refractivity contribution in [2.75, 3.05) is 11.5 Å². The fourth-order valence-corrected chi connectivity index (χ4v) is 5.45. The van der Waals surface area contributed by atoms with E-state index in [1.165, 1.54) is 11.3 Å². The number of Topliss-reactive ketones (excluding diaryl/α,β-unsaturated/α-hetero) is 1. The van der Waals surface area contributed by atoms with Crippen LogP contribution in [0.3, 0.4) is 0 Å². The zero-order valence-corrected chi connectivity index (χ0v) is 22.6. The van der Waals surface area contributed by atoms with Crippen molar-refractivity contribution in [3.05, 3.63) is 116 Å². The smallest absolute Gasteiger partial charge is 0.339 e. The molecule has 0 fully saturated rings. The first-order valence-corrected chi connectivity index (χ1v) is 13.5. The first kappa shape index (κ1) is 25.6. The monoisotopic (exact) mass is 566 g/mol. The lowest BCUT2D eigenvalue weighted by molar-refractivity contribution is 0.0477. The molecule has 0 unspecified atom stereocenters. The van der Waals surface area contributed by atoms with Crippen LogP contribution in [0.25, 0.3) is 22.2 Å². The Labute approximate surface area is 237 Å². The number of imide groups is 1. The number of fused-ring (bicyclic) bond motifs is 2. The summed E-state index contributed by atoms with van der Waals surface area (Å²) < 4.78 is 5.40. The van der Waals surface area contributed by atoms with Gasteiger partial charge in [-0.05, 0) is 60.3 Å². The number of halogens is 1. The minimum atomic E-state index is -0.664. The normalized spacial score (nSPS) is 12.6. The van der Waals surface area contributed by atoms with E-state index in [2.05, 4.69) is 0 Å². The number of benzene rings is 3. The van der Waals surface area contributed by atoms with Gasteiger partial charge in [-0.25, -0.2) is 14.7 Å². The Balaban J connectivity index is 1.34. The maximum absolute atomic E-state index is 13.2. The molecule has 3 heterocycles. The minimum Gasteiger partial charge on any atom is -0.454 e. The van der Waals surface area contributed by atoms with Crippen LogP contribution in [0.1, 0.15) is 46.3 Å². The number of anilines is 1. The number of hydrogen-bond donors (Lipinski definition) is 0. The Bertz CT molecular complexity index is 1810.